The third kappa shape index (κ3) is 3.94. The molecule has 0 bridgehead atoms. The third-order valence-corrected chi connectivity index (χ3v) is 7.72. The average Bonchev–Trinajstić information content (AvgIpc) is 3.50. The van der Waals surface area contributed by atoms with E-state index in [9.17, 15) is 0 Å². The Balaban J connectivity index is 1.47. The standard InChI is InChI=1S/C24H28N6OS/c1-4-15(2)22-21(17-10-12-18(31-3)13-11-17)29-30-23(27-28-24(30)32-22)20-14-19(25-26-20)16-8-6-5-7-9-16/h5-13,15,19-20,22,25-26H,4,14H2,1-3H3. The van der Waals surface area contributed by atoms with Gasteiger partial charge in [0.15, 0.2) is 5.82 Å². The molecule has 166 valence electrons. The van der Waals surface area contributed by atoms with Crippen molar-refractivity contribution in [2.45, 2.75) is 49.2 Å². The lowest BCUT2D eigenvalue weighted by Crippen LogP contribution is -2.31. The van der Waals surface area contributed by atoms with E-state index in [-0.39, 0.29) is 17.3 Å². The van der Waals surface area contributed by atoms with E-state index in [4.69, 9.17) is 9.84 Å². The van der Waals surface area contributed by atoms with Crippen LogP contribution in [0.25, 0.3) is 0 Å². The minimum absolute atomic E-state index is 0.0306. The van der Waals surface area contributed by atoms with Crippen molar-refractivity contribution in [3.63, 3.8) is 0 Å². The number of rotatable bonds is 6. The zero-order valence-corrected chi connectivity index (χ0v) is 19.3. The number of ether oxygens (including phenoxy) is 1. The molecule has 1 fully saturated rings. The summed E-state index contributed by atoms with van der Waals surface area (Å²) >= 11 is 1.76. The SMILES string of the molecule is CCC(C)C1Sc2nnc(C3CC(c4ccccc4)NN3)n2N=C1c1ccc(OC)cc1. The van der Waals surface area contributed by atoms with Gasteiger partial charge >= 0.3 is 0 Å². The Bertz CT molecular complexity index is 1100. The maximum atomic E-state index is 5.34. The Kier molecular flexibility index (Phi) is 5.99. The molecular formula is C24H28N6OS. The summed E-state index contributed by atoms with van der Waals surface area (Å²) in [6.07, 6.45) is 1.95. The summed E-state index contributed by atoms with van der Waals surface area (Å²) < 4.78 is 7.27. The number of fused-ring (bicyclic) bond motifs is 1. The smallest absolute Gasteiger partial charge is 0.212 e. The highest BCUT2D eigenvalue weighted by Gasteiger charge is 2.36. The Morgan fingerprint density at radius 2 is 1.81 bits per heavy atom. The van der Waals surface area contributed by atoms with Crippen LogP contribution in [-0.2, 0) is 0 Å². The van der Waals surface area contributed by atoms with E-state index in [0.717, 1.165) is 40.8 Å². The molecule has 3 aromatic rings. The zero-order valence-electron chi connectivity index (χ0n) is 18.5. The third-order valence-electron chi connectivity index (χ3n) is 6.31. The van der Waals surface area contributed by atoms with Crippen LogP contribution >= 0.6 is 11.8 Å². The molecule has 7 nitrogen and oxygen atoms in total. The molecule has 0 aliphatic carbocycles. The Morgan fingerprint density at radius 1 is 1.06 bits per heavy atom. The van der Waals surface area contributed by atoms with Crippen LogP contribution in [0.4, 0.5) is 0 Å². The van der Waals surface area contributed by atoms with Gasteiger partial charge in [0.1, 0.15) is 5.75 Å². The van der Waals surface area contributed by atoms with Gasteiger partial charge in [-0.2, -0.15) is 9.78 Å². The fourth-order valence-electron chi connectivity index (χ4n) is 4.21. The van der Waals surface area contributed by atoms with Crippen molar-refractivity contribution in [1.29, 1.82) is 0 Å². The second-order valence-corrected chi connectivity index (χ2v) is 9.44. The van der Waals surface area contributed by atoms with Gasteiger partial charge in [-0.05, 0) is 47.7 Å². The number of nitrogens with zero attached hydrogens (tertiary/aromatic N) is 4. The molecule has 5 rings (SSSR count). The van der Waals surface area contributed by atoms with Crippen molar-refractivity contribution in [2.24, 2.45) is 11.0 Å². The normalized spacial score (nSPS) is 23.5. The molecule has 2 aliphatic heterocycles. The lowest BCUT2D eigenvalue weighted by atomic mass is 9.96. The molecule has 0 saturated carbocycles. The molecule has 32 heavy (non-hydrogen) atoms. The molecule has 2 aliphatic rings. The van der Waals surface area contributed by atoms with Gasteiger partial charge in [0.05, 0.1) is 24.1 Å². The van der Waals surface area contributed by atoms with E-state index in [1.807, 2.05) is 22.9 Å². The van der Waals surface area contributed by atoms with Gasteiger partial charge in [-0.1, -0.05) is 62.4 Å². The second-order valence-electron chi connectivity index (χ2n) is 8.33. The van der Waals surface area contributed by atoms with E-state index in [2.05, 4.69) is 71.3 Å². The first-order valence-electron chi connectivity index (χ1n) is 11.1. The summed E-state index contributed by atoms with van der Waals surface area (Å²) in [5.74, 6) is 2.15. The first kappa shape index (κ1) is 21.2. The Labute approximate surface area is 192 Å². The van der Waals surface area contributed by atoms with Crippen LogP contribution in [0.15, 0.2) is 64.9 Å². The van der Waals surface area contributed by atoms with Gasteiger partial charge in [0.2, 0.25) is 5.16 Å². The van der Waals surface area contributed by atoms with Crippen LogP contribution in [0.1, 0.15) is 55.7 Å². The minimum atomic E-state index is 0.0306. The van der Waals surface area contributed by atoms with Crippen LogP contribution < -0.4 is 15.6 Å². The number of hydrogen-bond donors (Lipinski definition) is 2. The van der Waals surface area contributed by atoms with Crippen LogP contribution in [0, 0.1) is 5.92 Å². The van der Waals surface area contributed by atoms with Gasteiger partial charge < -0.3 is 4.74 Å². The van der Waals surface area contributed by atoms with Crippen molar-refractivity contribution in [2.75, 3.05) is 7.11 Å². The van der Waals surface area contributed by atoms with Crippen molar-refractivity contribution < 1.29 is 4.74 Å². The topological polar surface area (TPSA) is 76.4 Å². The predicted molar refractivity (Wildman–Crippen MR) is 127 cm³/mol. The molecule has 2 aromatic carbocycles. The summed E-state index contributed by atoms with van der Waals surface area (Å²) in [6, 6.07) is 18.9. The number of hydrogen-bond acceptors (Lipinski definition) is 7. The van der Waals surface area contributed by atoms with Crippen molar-refractivity contribution >= 4 is 17.5 Å². The van der Waals surface area contributed by atoms with Gasteiger partial charge in [0.25, 0.3) is 0 Å². The van der Waals surface area contributed by atoms with Gasteiger partial charge in [-0.25, -0.2) is 10.9 Å². The summed E-state index contributed by atoms with van der Waals surface area (Å²) in [5, 5.41) is 15.2. The maximum Gasteiger partial charge on any atom is 0.212 e. The summed E-state index contributed by atoms with van der Waals surface area (Å²) in [5.41, 5.74) is 10.2. The summed E-state index contributed by atoms with van der Waals surface area (Å²) in [4.78, 5) is 0. The van der Waals surface area contributed by atoms with E-state index in [0.29, 0.717) is 5.92 Å². The number of aromatic nitrogens is 3. The molecule has 0 amide bonds. The van der Waals surface area contributed by atoms with Crippen LogP contribution in [0.2, 0.25) is 0 Å². The van der Waals surface area contributed by atoms with Crippen molar-refractivity contribution in [1.82, 2.24) is 25.7 Å². The molecule has 4 atom stereocenters. The van der Waals surface area contributed by atoms with E-state index >= 15 is 0 Å². The van der Waals surface area contributed by atoms with Gasteiger partial charge in [-0.3, -0.25) is 0 Å². The van der Waals surface area contributed by atoms with E-state index in [1.165, 1.54) is 5.56 Å². The Morgan fingerprint density at radius 3 is 2.53 bits per heavy atom. The highest BCUT2D eigenvalue weighted by molar-refractivity contribution is 8.00. The maximum absolute atomic E-state index is 5.34. The summed E-state index contributed by atoms with van der Waals surface area (Å²) in [7, 11) is 1.69. The Hall–Kier alpha value is -2.68. The largest absolute Gasteiger partial charge is 0.497 e. The zero-order chi connectivity index (χ0) is 22.1. The monoisotopic (exact) mass is 448 g/mol. The molecule has 1 saturated heterocycles. The molecule has 0 spiro atoms. The fourth-order valence-corrected chi connectivity index (χ4v) is 5.48. The van der Waals surface area contributed by atoms with Gasteiger partial charge in [0, 0.05) is 6.04 Å². The lowest BCUT2D eigenvalue weighted by molar-refractivity contribution is 0.415. The molecule has 2 N–H and O–H groups in total. The quantitative estimate of drug-likeness (QED) is 0.584. The number of thioether (sulfide) groups is 1. The predicted octanol–water partition coefficient (Wildman–Crippen LogP) is 4.34. The lowest BCUT2D eigenvalue weighted by Gasteiger charge is -2.27. The molecule has 0 radical (unpaired) electrons. The number of hydrazine groups is 1. The van der Waals surface area contributed by atoms with Crippen LogP contribution in [0.3, 0.4) is 0 Å². The van der Waals surface area contributed by atoms with E-state index in [1.54, 1.807) is 18.9 Å². The number of methoxy groups -OCH3 is 1. The number of benzene rings is 2. The first-order chi connectivity index (χ1) is 15.7. The molecule has 8 heteroatoms. The summed E-state index contributed by atoms with van der Waals surface area (Å²) in [6.45, 7) is 4.50. The van der Waals surface area contributed by atoms with Crippen molar-refractivity contribution in [3.05, 3.63) is 71.5 Å². The minimum Gasteiger partial charge on any atom is -0.497 e. The van der Waals surface area contributed by atoms with Crippen molar-refractivity contribution in [3.8, 4) is 5.75 Å². The molecule has 3 heterocycles. The highest BCUT2D eigenvalue weighted by Crippen LogP contribution is 2.38. The van der Waals surface area contributed by atoms with E-state index < -0.39 is 0 Å². The number of nitrogens with one attached hydrogen (secondary N) is 2. The molecule has 4 unspecified atom stereocenters. The second kappa shape index (κ2) is 9.05. The molecule has 1 aromatic heterocycles. The first-order valence-corrected chi connectivity index (χ1v) is 12.0. The highest BCUT2D eigenvalue weighted by atomic mass is 32.2. The van der Waals surface area contributed by atoms with Crippen LogP contribution in [0.5, 0.6) is 5.75 Å². The van der Waals surface area contributed by atoms with Crippen LogP contribution in [-0.4, -0.2) is 32.9 Å². The fraction of sp³-hybridized carbons (Fsp3) is 0.375. The molecular weight excluding hydrogens is 420 g/mol. The van der Waals surface area contributed by atoms with Gasteiger partial charge in [-0.15, -0.1) is 10.2 Å². The average molecular weight is 449 g/mol.